The average molecular weight is 267 g/mol. The fourth-order valence-electron chi connectivity index (χ4n) is 3.99. The Hall–Kier alpha value is -1.61. The summed E-state index contributed by atoms with van der Waals surface area (Å²) in [5, 5.41) is 0. The SMILES string of the molecule is Cc1ccc(-c2cnc(C3C4CCC(C4)N3C)[nH]2)cc1. The van der Waals surface area contributed by atoms with Crippen molar-refractivity contribution < 1.29 is 0 Å². The molecule has 1 saturated heterocycles. The highest BCUT2D eigenvalue weighted by Crippen LogP contribution is 2.48. The molecule has 3 heteroatoms. The number of rotatable bonds is 2. The van der Waals surface area contributed by atoms with Gasteiger partial charge >= 0.3 is 0 Å². The van der Waals surface area contributed by atoms with Crippen LogP contribution in [0.25, 0.3) is 11.3 Å². The van der Waals surface area contributed by atoms with Crippen molar-refractivity contribution in [3.8, 4) is 11.3 Å². The van der Waals surface area contributed by atoms with E-state index in [2.05, 4.69) is 53.1 Å². The number of likely N-dealkylation sites (tertiary alicyclic amines) is 1. The van der Waals surface area contributed by atoms with Gasteiger partial charge in [-0.15, -0.1) is 0 Å². The van der Waals surface area contributed by atoms with Gasteiger partial charge in [-0.2, -0.15) is 0 Å². The van der Waals surface area contributed by atoms with Crippen LogP contribution >= 0.6 is 0 Å². The van der Waals surface area contributed by atoms with Crippen LogP contribution in [0.1, 0.15) is 36.7 Å². The first-order chi connectivity index (χ1) is 9.72. The summed E-state index contributed by atoms with van der Waals surface area (Å²) in [5.41, 5.74) is 3.65. The Labute approximate surface area is 120 Å². The van der Waals surface area contributed by atoms with Crippen molar-refractivity contribution >= 4 is 0 Å². The van der Waals surface area contributed by atoms with Crippen LogP contribution in [0.4, 0.5) is 0 Å². The molecule has 3 atom stereocenters. The van der Waals surface area contributed by atoms with Gasteiger partial charge in [-0.05, 0) is 44.7 Å². The second-order valence-corrected chi connectivity index (χ2v) is 6.39. The number of imidazole rings is 1. The van der Waals surface area contributed by atoms with Gasteiger partial charge in [0.1, 0.15) is 5.82 Å². The summed E-state index contributed by atoms with van der Waals surface area (Å²) in [6, 6.07) is 9.90. The molecule has 1 aromatic carbocycles. The van der Waals surface area contributed by atoms with Crippen molar-refractivity contribution in [1.29, 1.82) is 0 Å². The predicted molar refractivity (Wildman–Crippen MR) is 80.4 cm³/mol. The highest BCUT2D eigenvalue weighted by molar-refractivity contribution is 5.58. The molecule has 104 valence electrons. The number of piperidine rings is 1. The summed E-state index contributed by atoms with van der Waals surface area (Å²) in [6.45, 7) is 2.12. The minimum atomic E-state index is 0.493. The van der Waals surface area contributed by atoms with Gasteiger partial charge in [-0.3, -0.25) is 4.90 Å². The van der Waals surface area contributed by atoms with Crippen LogP contribution in [-0.2, 0) is 0 Å². The molecule has 0 amide bonds. The third-order valence-corrected chi connectivity index (χ3v) is 5.14. The highest BCUT2D eigenvalue weighted by Gasteiger charge is 2.45. The fourth-order valence-corrected chi connectivity index (χ4v) is 3.99. The second kappa shape index (κ2) is 4.45. The predicted octanol–water partition coefficient (Wildman–Crippen LogP) is 3.54. The molecular weight excluding hydrogens is 246 g/mol. The number of nitrogens with zero attached hydrogens (tertiary/aromatic N) is 2. The molecule has 2 aromatic rings. The van der Waals surface area contributed by atoms with E-state index in [0.29, 0.717) is 6.04 Å². The van der Waals surface area contributed by atoms with Gasteiger partial charge in [0, 0.05) is 6.04 Å². The lowest BCUT2D eigenvalue weighted by Gasteiger charge is -2.30. The molecule has 20 heavy (non-hydrogen) atoms. The van der Waals surface area contributed by atoms with E-state index >= 15 is 0 Å². The summed E-state index contributed by atoms with van der Waals surface area (Å²) in [5.74, 6) is 1.94. The molecule has 2 heterocycles. The van der Waals surface area contributed by atoms with Crippen LogP contribution in [0.15, 0.2) is 30.5 Å². The van der Waals surface area contributed by atoms with E-state index in [9.17, 15) is 0 Å². The Morgan fingerprint density at radius 3 is 2.70 bits per heavy atom. The van der Waals surface area contributed by atoms with Gasteiger partial charge in [-0.1, -0.05) is 29.8 Å². The van der Waals surface area contributed by atoms with Gasteiger partial charge in [0.05, 0.1) is 17.9 Å². The zero-order valence-electron chi connectivity index (χ0n) is 12.1. The Morgan fingerprint density at radius 2 is 2.00 bits per heavy atom. The maximum Gasteiger partial charge on any atom is 0.124 e. The molecule has 3 unspecified atom stereocenters. The first kappa shape index (κ1) is 12.2. The topological polar surface area (TPSA) is 31.9 Å². The van der Waals surface area contributed by atoms with E-state index in [0.717, 1.165) is 23.5 Å². The zero-order valence-corrected chi connectivity index (χ0v) is 12.1. The molecule has 2 aliphatic rings. The van der Waals surface area contributed by atoms with Crippen LogP contribution in [0.2, 0.25) is 0 Å². The minimum Gasteiger partial charge on any atom is -0.341 e. The van der Waals surface area contributed by atoms with Crippen molar-refractivity contribution in [2.75, 3.05) is 7.05 Å². The van der Waals surface area contributed by atoms with Gasteiger partial charge in [0.25, 0.3) is 0 Å². The van der Waals surface area contributed by atoms with E-state index in [-0.39, 0.29) is 0 Å². The van der Waals surface area contributed by atoms with Crippen LogP contribution in [-0.4, -0.2) is 28.0 Å². The molecule has 3 nitrogen and oxygen atoms in total. The molecule has 1 aromatic heterocycles. The van der Waals surface area contributed by atoms with Gasteiger partial charge in [0.2, 0.25) is 0 Å². The molecule has 4 rings (SSSR count). The molecule has 1 N–H and O–H groups in total. The van der Waals surface area contributed by atoms with Crippen LogP contribution in [0.3, 0.4) is 0 Å². The number of benzene rings is 1. The molecule has 2 bridgehead atoms. The largest absolute Gasteiger partial charge is 0.341 e. The lowest BCUT2D eigenvalue weighted by atomic mass is 9.98. The normalized spacial score (nSPS) is 29.2. The molecule has 1 aliphatic carbocycles. The summed E-state index contributed by atoms with van der Waals surface area (Å²) in [4.78, 5) is 10.7. The molecular formula is C17H21N3. The molecule has 1 saturated carbocycles. The first-order valence-corrected chi connectivity index (χ1v) is 7.56. The summed E-state index contributed by atoms with van der Waals surface area (Å²) >= 11 is 0. The summed E-state index contributed by atoms with van der Waals surface area (Å²) in [7, 11) is 2.25. The Balaban J connectivity index is 1.64. The van der Waals surface area contributed by atoms with E-state index < -0.39 is 0 Å². The quantitative estimate of drug-likeness (QED) is 0.902. The number of aromatic nitrogens is 2. The fraction of sp³-hybridized carbons (Fsp3) is 0.471. The number of aryl methyl sites for hydroxylation is 1. The number of fused-ring (bicyclic) bond motifs is 2. The van der Waals surface area contributed by atoms with E-state index in [4.69, 9.17) is 0 Å². The Bertz CT molecular complexity index is 611. The van der Waals surface area contributed by atoms with Gasteiger partial charge in [0.15, 0.2) is 0 Å². The van der Waals surface area contributed by atoms with Crippen LogP contribution in [0.5, 0.6) is 0 Å². The zero-order chi connectivity index (χ0) is 13.7. The smallest absolute Gasteiger partial charge is 0.124 e. The van der Waals surface area contributed by atoms with Crippen LogP contribution < -0.4 is 0 Å². The van der Waals surface area contributed by atoms with E-state index in [1.165, 1.54) is 30.4 Å². The highest BCUT2D eigenvalue weighted by atomic mass is 15.2. The number of H-pyrrole nitrogens is 1. The van der Waals surface area contributed by atoms with Gasteiger partial charge in [-0.25, -0.2) is 4.98 Å². The Kier molecular flexibility index (Phi) is 2.71. The van der Waals surface area contributed by atoms with Crippen molar-refractivity contribution in [1.82, 2.24) is 14.9 Å². The maximum atomic E-state index is 4.67. The molecule has 0 spiro atoms. The van der Waals surface area contributed by atoms with Crippen LogP contribution in [0, 0.1) is 12.8 Å². The molecule has 1 aliphatic heterocycles. The lowest BCUT2D eigenvalue weighted by Crippen LogP contribution is -2.31. The molecule has 2 fully saturated rings. The third-order valence-electron chi connectivity index (χ3n) is 5.14. The van der Waals surface area contributed by atoms with Crippen molar-refractivity contribution in [3.05, 3.63) is 41.9 Å². The third kappa shape index (κ3) is 1.80. The van der Waals surface area contributed by atoms with Crippen molar-refractivity contribution in [2.45, 2.75) is 38.3 Å². The first-order valence-electron chi connectivity index (χ1n) is 7.56. The number of aromatic amines is 1. The van der Waals surface area contributed by atoms with E-state index in [1.54, 1.807) is 0 Å². The monoisotopic (exact) mass is 267 g/mol. The number of hydrogen-bond donors (Lipinski definition) is 1. The van der Waals surface area contributed by atoms with Gasteiger partial charge < -0.3 is 4.98 Å². The lowest BCUT2D eigenvalue weighted by molar-refractivity contribution is 0.171. The van der Waals surface area contributed by atoms with Crippen molar-refractivity contribution in [2.24, 2.45) is 5.92 Å². The summed E-state index contributed by atoms with van der Waals surface area (Å²) in [6.07, 6.45) is 6.06. The number of hydrogen-bond acceptors (Lipinski definition) is 2. The Morgan fingerprint density at radius 1 is 1.20 bits per heavy atom. The van der Waals surface area contributed by atoms with E-state index in [1.807, 2.05) is 6.20 Å². The average Bonchev–Trinajstić information content (AvgIpc) is 3.14. The minimum absolute atomic E-state index is 0.493. The summed E-state index contributed by atoms with van der Waals surface area (Å²) < 4.78 is 0. The number of nitrogens with one attached hydrogen (secondary N) is 1. The molecule has 0 radical (unpaired) electrons. The maximum absolute atomic E-state index is 4.67. The second-order valence-electron chi connectivity index (χ2n) is 6.39. The standard InChI is InChI=1S/C17H21N3/c1-11-3-5-12(6-4-11)15-10-18-17(19-15)16-13-7-8-14(9-13)20(16)2/h3-6,10,13-14,16H,7-9H2,1-2H3,(H,18,19). The van der Waals surface area contributed by atoms with Crippen molar-refractivity contribution in [3.63, 3.8) is 0 Å².